The van der Waals surface area contributed by atoms with Crippen LogP contribution < -0.4 is 4.90 Å². The van der Waals surface area contributed by atoms with E-state index < -0.39 is 17.6 Å². The topological polar surface area (TPSA) is 106 Å². The van der Waals surface area contributed by atoms with Gasteiger partial charge in [0, 0.05) is 35.3 Å². The second kappa shape index (κ2) is 8.84. The Morgan fingerprint density at radius 1 is 1.14 bits per heavy atom. The number of anilines is 1. The lowest BCUT2D eigenvalue weighted by atomic mass is 10.0. The molecule has 0 radical (unpaired) electrons. The molecule has 1 saturated carbocycles. The number of benzene rings is 1. The molecule has 3 aromatic heterocycles. The van der Waals surface area contributed by atoms with Gasteiger partial charge in [-0.25, -0.2) is 23.5 Å². The van der Waals surface area contributed by atoms with Crippen molar-refractivity contribution in [1.82, 2.24) is 24.7 Å². The minimum absolute atomic E-state index is 0.0283. The minimum Gasteiger partial charge on any atom is -0.478 e. The van der Waals surface area contributed by atoms with E-state index in [0.29, 0.717) is 25.1 Å². The number of hydrogen-bond acceptors (Lipinski definition) is 7. The van der Waals surface area contributed by atoms with E-state index in [-0.39, 0.29) is 45.8 Å². The lowest BCUT2D eigenvalue weighted by Crippen LogP contribution is -2.43. The molecule has 2 unspecified atom stereocenters. The third-order valence-corrected chi connectivity index (χ3v) is 6.74. The van der Waals surface area contributed by atoms with E-state index in [1.165, 1.54) is 12.1 Å². The SMILES string of the molecule is Cc1nc2nc(N3CC(C)OC(c4cnn(C5CC5)c4)C3)nc(-c3ccc(F)cc3F)c2cc1C(=O)O. The number of carboxylic acids is 1. The summed E-state index contributed by atoms with van der Waals surface area (Å²) in [5.41, 5.74) is 1.58. The summed E-state index contributed by atoms with van der Waals surface area (Å²) in [4.78, 5) is 27.4. The number of carboxylic acid groups (broad SMARTS) is 1. The molecule has 4 aromatic rings. The van der Waals surface area contributed by atoms with Crippen molar-refractivity contribution in [2.24, 2.45) is 0 Å². The molecule has 9 nitrogen and oxygen atoms in total. The van der Waals surface area contributed by atoms with E-state index in [9.17, 15) is 18.7 Å². The second-order valence-corrected chi connectivity index (χ2v) is 9.62. The van der Waals surface area contributed by atoms with Gasteiger partial charge in [0.25, 0.3) is 0 Å². The molecule has 0 amide bonds. The zero-order valence-electron chi connectivity index (χ0n) is 20.2. The Labute approximate surface area is 210 Å². The zero-order valence-corrected chi connectivity index (χ0v) is 20.2. The molecule has 6 rings (SSSR count). The molecule has 0 spiro atoms. The maximum Gasteiger partial charge on any atom is 0.337 e. The molecular weight excluding hydrogens is 482 g/mol. The number of rotatable bonds is 5. The number of aromatic carboxylic acids is 1. The molecule has 1 aliphatic carbocycles. The van der Waals surface area contributed by atoms with Gasteiger partial charge in [-0.3, -0.25) is 4.68 Å². The summed E-state index contributed by atoms with van der Waals surface area (Å²) in [6.07, 6.45) is 5.65. The lowest BCUT2D eigenvalue weighted by molar-refractivity contribution is -0.0178. The van der Waals surface area contributed by atoms with Crippen LogP contribution in [0.5, 0.6) is 0 Å². The van der Waals surface area contributed by atoms with Gasteiger partial charge in [-0.05, 0) is 44.9 Å². The van der Waals surface area contributed by atoms with Crippen LogP contribution in [-0.4, -0.2) is 55.0 Å². The largest absolute Gasteiger partial charge is 0.478 e. The molecule has 37 heavy (non-hydrogen) atoms. The van der Waals surface area contributed by atoms with Crippen molar-refractivity contribution in [2.75, 3.05) is 18.0 Å². The van der Waals surface area contributed by atoms with Crippen LogP contribution in [0.1, 0.15) is 53.5 Å². The first kappa shape index (κ1) is 23.4. The number of morpholine rings is 1. The quantitative estimate of drug-likeness (QED) is 0.423. The highest BCUT2D eigenvalue weighted by Gasteiger charge is 2.32. The van der Waals surface area contributed by atoms with Gasteiger partial charge in [-0.15, -0.1) is 0 Å². The zero-order chi connectivity index (χ0) is 25.8. The van der Waals surface area contributed by atoms with Crippen molar-refractivity contribution in [2.45, 2.75) is 44.9 Å². The molecule has 1 aliphatic heterocycles. The second-order valence-electron chi connectivity index (χ2n) is 9.62. The Morgan fingerprint density at radius 3 is 2.68 bits per heavy atom. The van der Waals surface area contributed by atoms with Crippen molar-refractivity contribution < 1.29 is 23.4 Å². The van der Waals surface area contributed by atoms with Gasteiger partial charge in [0.15, 0.2) is 5.65 Å². The summed E-state index contributed by atoms with van der Waals surface area (Å²) in [6, 6.07) is 5.03. The third kappa shape index (κ3) is 4.39. The molecule has 4 heterocycles. The highest BCUT2D eigenvalue weighted by atomic mass is 19.1. The fourth-order valence-electron chi connectivity index (χ4n) is 4.73. The van der Waals surface area contributed by atoms with Crippen LogP contribution >= 0.6 is 0 Å². The number of fused-ring (bicyclic) bond motifs is 1. The molecule has 1 saturated heterocycles. The fraction of sp³-hybridized carbons (Fsp3) is 0.346. The number of hydrogen-bond donors (Lipinski definition) is 1. The number of aromatic nitrogens is 5. The van der Waals surface area contributed by atoms with Crippen LogP contribution in [0.25, 0.3) is 22.3 Å². The lowest BCUT2D eigenvalue weighted by Gasteiger charge is -2.36. The maximum atomic E-state index is 14.9. The van der Waals surface area contributed by atoms with Gasteiger partial charge in [-0.1, -0.05) is 0 Å². The number of aryl methyl sites for hydroxylation is 1. The Bertz CT molecular complexity index is 1540. The van der Waals surface area contributed by atoms with Gasteiger partial charge >= 0.3 is 5.97 Å². The first-order valence-electron chi connectivity index (χ1n) is 12.1. The van der Waals surface area contributed by atoms with Gasteiger partial charge < -0.3 is 14.7 Å². The van der Waals surface area contributed by atoms with Gasteiger partial charge in [0.05, 0.1) is 41.8 Å². The van der Waals surface area contributed by atoms with Crippen molar-refractivity contribution in [3.63, 3.8) is 0 Å². The predicted octanol–water partition coefficient (Wildman–Crippen LogP) is 4.47. The summed E-state index contributed by atoms with van der Waals surface area (Å²) in [7, 11) is 0. The molecule has 2 atom stereocenters. The smallest absolute Gasteiger partial charge is 0.337 e. The monoisotopic (exact) mass is 506 g/mol. The summed E-state index contributed by atoms with van der Waals surface area (Å²) in [5, 5.41) is 14.4. The molecule has 0 bridgehead atoms. The van der Waals surface area contributed by atoms with Crippen LogP contribution in [-0.2, 0) is 4.74 Å². The minimum atomic E-state index is -1.17. The standard InChI is InChI=1S/C26H24F2N6O3/c1-13-10-33(12-22(37-13)15-9-29-34(11-15)17-4-5-17)26-31-23(18-6-3-16(27)7-21(18)28)20-8-19(25(35)36)14(2)30-24(20)32-26/h3,6-9,11,13,17,22H,4-5,10,12H2,1-2H3,(H,35,36). The maximum absolute atomic E-state index is 14.9. The molecule has 2 aliphatic rings. The van der Waals surface area contributed by atoms with Gasteiger partial charge in [0.1, 0.15) is 17.7 Å². The Morgan fingerprint density at radius 2 is 1.95 bits per heavy atom. The average molecular weight is 507 g/mol. The summed E-state index contributed by atoms with van der Waals surface area (Å²) >= 11 is 0. The van der Waals surface area contributed by atoms with E-state index >= 15 is 0 Å². The molecule has 2 fully saturated rings. The molecule has 11 heteroatoms. The highest BCUT2D eigenvalue weighted by Crippen LogP contribution is 2.36. The van der Waals surface area contributed by atoms with Crippen LogP contribution in [0.2, 0.25) is 0 Å². The van der Waals surface area contributed by atoms with Gasteiger partial charge in [0.2, 0.25) is 5.95 Å². The third-order valence-electron chi connectivity index (χ3n) is 6.74. The molecule has 1 aromatic carbocycles. The van der Waals surface area contributed by atoms with Crippen molar-refractivity contribution in [1.29, 1.82) is 0 Å². The van der Waals surface area contributed by atoms with E-state index in [4.69, 9.17) is 4.74 Å². The summed E-state index contributed by atoms with van der Waals surface area (Å²) in [5.74, 6) is -2.41. The van der Waals surface area contributed by atoms with E-state index in [1.54, 1.807) is 6.92 Å². The molecule has 190 valence electrons. The van der Waals surface area contributed by atoms with Crippen LogP contribution in [0, 0.1) is 18.6 Å². The average Bonchev–Trinajstić information content (AvgIpc) is 3.58. The molecule has 1 N–H and O–H groups in total. The number of halogens is 2. The Balaban J connectivity index is 1.45. The Hall–Kier alpha value is -3.99. The van der Waals surface area contributed by atoms with Crippen molar-refractivity contribution in [3.8, 4) is 11.3 Å². The number of nitrogens with zero attached hydrogens (tertiary/aromatic N) is 6. The predicted molar refractivity (Wildman–Crippen MR) is 130 cm³/mol. The normalized spacial score (nSPS) is 19.9. The van der Waals surface area contributed by atoms with Gasteiger partial charge in [-0.2, -0.15) is 10.1 Å². The van der Waals surface area contributed by atoms with E-state index in [2.05, 4.69) is 20.1 Å². The highest BCUT2D eigenvalue weighted by molar-refractivity contribution is 5.98. The number of pyridine rings is 1. The van der Waals surface area contributed by atoms with Crippen LogP contribution in [0.15, 0.2) is 36.7 Å². The first-order valence-corrected chi connectivity index (χ1v) is 12.1. The number of carbonyl (C=O) groups is 1. The Kier molecular flexibility index (Phi) is 5.59. The fourth-order valence-corrected chi connectivity index (χ4v) is 4.73. The first-order chi connectivity index (χ1) is 17.8. The summed E-state index contributed by atoms with van der Waals surface area (Å²) in [6.45, 7) is 4.45. The van der Waals surface area contributed by atoms with Crippen LogP contribution in [0.4, 0.5) is 14.7 Å². The molecular formula is C26H24F2N6O3. The summed E-state index contributed by atoms with van der Waals surface area (Å²) < 4.78 is 36.8. The van der Waals surface area contributed by atoms with E-state index in [0.717, 1.165) is 30.5 Å². The van der Waals surface area contributed by atoms with E-state index in [1.807, 2.05) is 28.9 Å². The van der Waals surface area contributed by atoms with Crippen LogP contribution in [0.3, 0.4) is 0 Å². The van der Waals surface area contributed by atoms with Crippen molar-refractivity contribution in [3.05, 3.63) is 65.1 Å². The van der Waals surface area contributed by atoms with Crippen molar-refractivity contribution >= 4 is 23.0 Å². The number of ether oxygens (including phenoxy) is 1.